The zero-order valence-corrected chi connectivity index (χ0v) is 30.2. The monoisotopic (exact) mass is 780 g/mol. The quantitative estimate of drug-likeness (QED) is 0.211. The molecule has 0 bridgehead atoms. The van der Waals surface area contributed by atoms with Crippen LogP contribution in [-0.2, 0) is 27.7 Å². The summed E-state index contributed by atoms with van der Waals surface area (Å²) < 4.78 is 47.1. The summed E-state index contributed by atoms with van der Waals surface area (Å²) in [6.45, 7) is 3.52. The number of aryl methyl sites for hydroxylation is 1. The number of hydrogen-bond donors (Lipinski definition) is 3. The van der Waals surface area contributed by atoms with Gasteiger partial charge in [-0.1, -0.05) is 18.5 Å². The molecule has 1 atom stereocenters. The summed E-state index contributed by atoms with van der Waals surface area (Å²) >= 11 is 6.15. The topological polar surface area (TPSA) is 199 Å². The molecule has 1 aromatic carbocycles. The number of amides is 3. The number of carbonyl (C=O) groups excluding carboxylic acids is 3. The van der Waals surface area contributed by atoms with Crippen LogP contribution in [0.1, 0.15) is 65.1 Å². The molecule has 5 heterocycles. The Kier molecular flexibility index (Phi) is 9.44. The summed E-state index contributed by atoms with van der Waals surface area (Å²) in [6.07, 6.45) is -1.54. The zero-order valence-electron chi connectivity index (χ0n) is 29.4. The SMILES string of the molecule is COC(=O)Nc1ccc(-c2nc3n(CC(=O)Nc4ccc(C(F)(F)F)cc4Cl)c4c(c(=O)n3n2)C2(CCN(C(=O)c3ncnc(C)c3O)CC2)CC4C)cn1. The van der Waals surface area contributed by atoms with Crippen LogP contribution in [0.5, 0.6) is 5.75 Å². The van der Waals surface area contributed by atoms with Gasteiger partial charge in [-0.2, -0.15) is 22.7 Å². The number of rotatable bonds is 6. The molecule has 2 aliphatic rings. The minimum absolute atomic E-state index is 0.0234. The molecular weight excluding hydrogens is 749 g/mol. The standard InChI is InChI=1S/C35H32ClF3N10O6/c1-17-13-34(8-10-47(11-9-34)31(53)26-28(51)18(2)41-16-42-26)25-27(17)48(15-24(50)43-22-6-5-20(12-21(22)36)35(37,38)39)32-45-29(46-49(32)30(25)52)19-4-7-23(40-14-19)44-33(54)55-3/h4-7,12,14,16-17,51H,8-11,13,15H2,1-3H3,(H,43,50)(H,40,44,54). The second kappa shape index (κ2) is 13.9. The van der Waals surface area contributed by atoms with Gasteiger partial charge in [-0.3, -0.25) is 19.7 Å². The molecule has 7 rings (SSSR count). The minimum Gasteiger partial charge on any atom is -0.504 e. The van der Waals surface area contributed by atoms with E-state index in [0.29, 0.717) is 42.1 Å². The van der Waals surface area contributed by atoms with E-state index in [4.69, 9.17) is 11.6 Å². The summed E-state index contributed by atoms with van der Waals surface area (Å²) in [6, 6.07) is 5.64. The van der Waals surface area contributed by atoms with Crippen LogP contribution < -0.4 is 16.2 Å². The molecule has 16 nitrogen and oxygen atoms in total. The molecule has 286 valence electrons. The maximum Gasteiger partial charge on any atom is 0.416 e. The Labute approximate surface area is 314 Å². The van der Waals surface area contributed by atoms with Gasteiger partial charge in [0.15, 0.2) is 17.3 Å². The first kappa shape index (κ1) is 37.2. The predicted octanol–water partition coefficient (Wildman–Crippen LogP) is 4.93. The van der Waals surface area contributed by atoms with E-state index < -0.39 is 47.2 Å². The van der Waals surface area contributed by atoms with Crippen molar-refractivity contribution in [3.63, 3.8) is 0 Å². The van der Waals surface area contributed by atoms with Gasteiger partial charge in [-0.15, -0.1) is 5.10 Å². The van der Waals surface area contributed by atoms with Crippen LogP contribution in [0.2, 0.25) is 5.02 Å². The molecule has 3 N–H and O–H groups in total. The molecule has 1 spiro atoms. The number of nitrogens with one attached hydrogen (secondary N) is 2. The number of likely N-dealkylation sites (tertiary alicyclic amines) is 1. The van der Waals surface area contributed by atoms with E-state index in [1.807, 2.05) is 6.92 Å². The molecule has 0 radical (unpaired) electrons. The molecule has 1 saturated heterocycles. The average Bonchev–Trinajstić information content (AvgIpc) is 3.72. The van der Waals surface area contributed by atoms with Crippen LogP contribution in [0.25, 0.3) is 17.2 Å². The largest absolute Gasteiger partial charge is 0.504 e. The highest BCUT2D eigenvalue weighted by Crippen LogP contribution is 2.50. The fourth-order valence-electron chi connectivity index (χ4n) is 7.39. The zero-order chi connectivity index (χ0) is 39.4. The van der Waals surface area contributed by atoms with Crippen molar-refractivity contribution >= 4 is 46.8 Å². The second-order valence-electron chi connectivity index (χ2n) is 13.4. The van der Waals surface area contributed by atoms with Crippen LogP contribution in [0.3, 0.4) is 0 Å². The molecule has 1 unspecified atom stereocenters. The number of anilines is 2. The van der Waals surface area contributed by atoms with Crippen molar-refractivity contribution in [2.75, 3.05) is 30.8 Å². The van der Waals surface area contributed by atoms with Gasteiger partial charge in [0.2, 0.25) is 11.7 Å². The number of ether oxygens (including phenoxy) is 1. The summed E-state index contributed by atoms with van der Waals surface area (Å²) in [5, 5.41) is 19.7. The Morgan fingerprint density at radius 2 is 1.84 bits per heavy atom. The number of alkyl halides is 3. The van der Waals surface area contributed by atoms with Crippen LogP contribution in [0.15, 0.2) is 47.7 Å². The van der Waals surface area contributed by atoms with Crippen molar-refractivity contribution in [2.24, 2.45) is 0 Å². The van der Waals surface area contributed by atoms with Gasteiger partial charge in [-0.05, 0) is 62.4 Å². The maximum atomic E-state index is 14.5. The molecule has 55 heavy (non-hydrogen) atoms. The first-order valence-electron chi connectivity index (χ1n) is 16.9. The molecule has 3 amide bonds. The van der Waals surface area contributed by atoms with Crippen molar-refractivity contribution in [3.05, 3.63) is 86.4 Å². The van der Waals surface area contributed by atoms with Crippen LogP contribution >= 0.6 is 11.6 Å². The van der Waals surface area contributed by atoms with Gasteiger partial charge in [0, 0.05) is 41.5 Å². The number of benzene rings is 1. The number of halogens is 4. The van der Waals surface area contributed by atoms with Crippen LogP contribution in [-0.4, -0.2) is 82.2 Å². The van der Waals surface area contributed by atoms with Gasteiger partial charge in [0.1, 0.15) is 18.7 Å². The Bertz CT molecular complexity index is 2430. The van der Waals surface area contributed by atoms with Crippen molar-refractivity contribution in [2.45, 2.75) is 57.2 Å². The Morgan fingerprint density at radius 3 is 2.49 bits per heavy atom. The first-order chi connectivity index (χ1) is 26.1. The number of piperidine rings is 1. The van der Waals surface area contributed by atoms with E-state index >= 15 is 0 Å². The third kappa shape index (κ3) is 6.79. The highest BCUT2D eigenvalue weighted by molar-refractivity contribution is 6.33. The lowest BCUT2D eigenvalue weighted by Gasteiger charge is -2.39. The normalized spacial score (nSPS) is 16.3. The van der Waals surface area contributed by atoms with Gasteiger partial charge in [0.05, 0.1) is 29.1 Å². The summed E-state index contributed by atoms with van der Waals surface area (Å²) in [7, 11) is 1.20. The first-order valence-corrected chi connectivity index (χ1v) is 17.3. The van der Waals surface area contributed by atoms with E-state index in [1.165, 1.54) is 25.7 Å². The smallest absolute Gasteiger partial charge is 0.416 e. The average molecular weight is 781 g/mol. The third-order valence-electron chi connectivity index (χ3n) is 10.0. The third-order valence-corrected chi connectivity index (χ3v) is 10.3. The number of hydrogen-bond acceptors (Lipinski definition) is 11. The Balaban J connectivity index is 1.27. The molecule has 1 fully saturated rings. The van der Waals surface area contributed by atoms with Crippen LogP contribution in [0.4, 0.5) is 29.5 Å². The molecule has 1 aliphatic carbocycles. The summed E-state index contributed by atoms with van der Waals surface area (Å²) in [4.78, 5) is 71.6. The Morgan fingerprint density at radius 1 is 1.09 bits per heavy atom. The molecule has 20 heteroatoms. The van der Waals surface area contributed by atoms with E-state index in [9.17, 15) is 37.5 Å². The number of aromatic nitrogens is 7. The number of aromatic hydroxyl groups is 1. The lowest BCUT2D eigenvalue weighted by atomic mass is 9.73. The van der Waals surface area contributed by atoms with E-state index in [1.54, 1.807) is 22.5 Å². The van der Waals surface area contributed by atoms with Crippen molar-refractivity contribution in [3.8, 4) is 17.1 Å². The number of carbonyl (C=O) groups is 3. The molecule has 1 aliphatic heterocycles. The fraction of sp³-hybridized carbons (Fsp3) is 0.343. The number of nitrogens with zero attached hydrogens (tertiary/aromatic N) is 8. The predicted molar refractivity (Wildman–Crippen MR) is 190 cm³/mol. The summed E-state index contributed by atoms with van der Waals surface area (Å²) in [5.41, 5.74) is -0.760. The maximum absolute atomic E-state index is 14.5. The van der Waals surface area contributed by atoms with Gasteiger partial charge in [-0.25, -0.2) is 19.7 Å². The lowest BCUT2D eigenvalue weighted by Crippen LogP contribution is -2.46. The van der Waals surface area contributed by atoms with Crippen molar-refractivity contribution < 1.29 is 37.4 Å². The van der Waals surface area contributed by atoms with E-state index in [2.05, 4.69) is 40.4 Å². The van der Waals surface area contributed by atoms with Crippen molar-refractivity contribution in [1.29, 1.82) is 0 Å². The molecular formula is C35H32ClF3N10O6. The van der Waals surface area contributed by atoms with E-state index in [-0.39, 0.29) is 64.3 Å². The van der Waals surface area contributed by atoms with Gasteiger partial charge >= 0.3 is 12.3 Å². The lowest BCUT2D eigenvalue weighted by molar-refractivity contribution is -0.137. The van der Waals surface area contributed by atoms with Gasteiger partial charge in [0.25, 0.3) is 11.5 Å². The Hall–Kier alpha value is -6.11. The number of methoxy groups -OCH3 is 1. The van der Waals surface area contributed by atoms with Gasteiger partial charge < -0.3 is 24.6 Å². The van der Waals surface area contributed by atoms with Crippen molar-refractivity contribution in [1.82, 2.24) is 39.0 Å². The highest BCUT2D eigenvalue weighted by Gasteiger charge is 2.49. The fourth-order valence-corrected chi connectivity index (χ4v) is 7.62. The molecule has 5 aromatic rings. The highest BCUT2D eigenvalue weighted by atomic mass is 35.5. The summed E-state index contributed by atoms with van der Waals surface area (Å²) in [5.74, 6) is -1.43. The molecule has 0 saturated carbocycles. The minimum atomic E-state index is -4.64. The molecule has 4 aromatic heterocycles. The second-order valence-corrected chi connectivity index (χ2v) is 13.8. The number of pyridine rings is 1. The van der Waals surface area contributed by atoms with Crippen LogP contribution in [0, 0.1) is 6.92 Å². The van der Waals surface area contributed by atoms with E-state index in [0.717, 1.165) is 16.6 Å². The number of fused-ring (bicyclic) bond motifs is 3.